The Balaban J connectivity index is 1.30. The van der Waals surface area contributed by atoms with Crippen LogP contribution in [0.15, 0.2) is 78.1 Å². The van der Waals surface area contributed by atoms with Gasteiger partial charge in [0.15, 0.2) is 29.6 Å². The van der Waals surface area contributed by atoms with E-state index in [9.17, 15) is 9.59 Å². The van der Waals surface area contributed by atoms with E-state index in [0.29, 0.717) is 34.1 Å². The van der Waals surface area contributed by atoms with Crippen LogP contribution in [0.5, 0.6) is 28.7 Å². The van der Waals surface area contributed by atoms with Gasteiger partial charge in [0.1, 0.15) is 23.4 Å². The lowest BCUT2D eigenvalue weighted by atomic mass is 10.0. The van der Waals surface area contributed by atoms with Gasteiger partial charge in [-0.15, -0.1) is 0 Å². The Labute approximate surface area is 208 Å². The number of hydrogen-bond acceptors (Lipinski definition) is 7. The lowest BCUT2D eigenvalue weighted by Gasteiger charge is -2.22. The Hall–Kier alpha value is -4.52. The van der Waals surface area contributed by atoms with Gasteiger partial charge in [-0.3, -0.25) is 9.59 Å². The van der Waals surface area contributed by atoms with Crippen LogP contribution < -0.4 is 23.7 Å². The van der Waals surface area contributed by atoms with E-state index in [1.54, 1.807) is 42.5 Å². The summed E-state index contributed by atoms with van der Waals surface area (Å²) in [6, 6.07) is 17.5. The minimum atomic E-state index is -0.229. The first-order valence-corrected chi connectivity index (χ1v) is 11.4. The van der Waals surface area contributed by atoms with Crippen LogP contribution in [0.3, 0.4) is 0 Å². The summed E-state index contributed by atoms with van der Waals surface area (Å²) in [5.74, 6) is 2.37. The molecule has 7 heteroatoms. The third-order valence-electron chi connectivity index (χ3n) is 6.03. The molecule has 0 saturated heterocycles. The van der Waals surface area contributed by atoms with E-state index >= 15 is 0 Å². The van der Waals surface area contributed by atoms with Crippen molar-refractivity contribution in [2.75, 3.05) is 20.8 Å². The van der Waals surface area contributed by atoms with Gasteiger partial charge in [-0.05, 0) is 61.0 Å². The maximum absolute atomic E-state index is 12.9. The van der Waals surface area contributed by atoms with E-state index in [1.807, 2.05) is 37.3 Å². The van der Waals surface area contributed by atoms with Crippen LogP contribution >= 0.6 is 0 Å². The van der Waals surface area contributed by atoms with E-state index in [0.717, 1.165) is 16.9 Å². The summed E-state index contributed by atoms with van der Waals surface area (Å²) >= 11 is 0. The van der Waals surface area contributed by atoms with Gasteiger partial charge in [0, 0.05) is 17.2 Å². The largest absolute Gasteiger partial charge is 0.493 e. The molecule has 0 spiro atoms. The maximum Gasteiger partial charge on any atom is 0.231 e. The van der Waals surface area contributed by atoms with E-state index in [2.05, 4.69) is 0 Å². The molecule has 36 heavy (non-hydrogen) atoms. The van der Waals surface area contributed by atoms with Gasteiger partial charge in [-0.25, -0.2) is 0 Å². The second-order valence-electron chi connectivity index (χ2n) is 8.32. The van der Waals surface area contributed by atoms with Crippen LogP contribution in [0, 0.1) is 0 Å². The highest BCUT2D eigenvalue weighted by molar-refractivity contribution is 6.12. The molecule has 7 nitrogen and oxygen atoms in total. The van der Waals surface area contributed by atoms with Crippen LogP contribution in [0.2, 0.25) is 0 Å². The Bertz CT molecular complexity index is 1420. The highest BCUT2D eigenvalue weighted by Crippen LogP contribution is 2.36. The topological polar surface area (TPSA) is 80.3 Å². The fourth-order valence-electron chi connectivity index (χ4n) is 4.07. The molecule has 3 aromatic rings. The smallest absolute Gasteiger partial charge is 0.231 e. The summed E-state index contributed by atoms with van der Waals surface area (Å²) in [5.41, 5.74) is 2.65. The standard InChI is InChI=1S/C29H24O7/c1-17-20(12-19-6-4-5-7-24(19)35-17)14-28-29(31)22-10-9-21(15-26(22)36-28)34-16-23(30)18-8-11-25(32-2)27(13-18)33-3/h4-15,17H,16H2,1-3H3/b28-14-/t17-/m1/s1. The van der Waals surface area contributed by atoms with Crippen molar-refractivity contribution < 1.29 is 33.3 Å². The van der Waals surface area contributed by atoms with Crippen molar-refractivity contribution in [1.82, 2.24) is 0 Å². The monoisotopic (exact) mass is 484 g/mol. The van der Waals surface area contributed by atoms with Crippen molar-refractivity contribution in [1.29, 1.82) is 0 Å². The van der Waals surface area contributed by atoms with E-state index in [1.165, 1.54) is 14.2 Å². The van der Waals surface area contributed by atoms with Crippen LogP contribution in [0.25, 0.3) is 6.08 Å². The third kappa shape index (κ3) is 4.43. The molecule has 5 rings (SSSR count). The fourth-order valence-corrected chi connectivity index (χ4v) is 4.07. The van der Waals surface area contributed by atoms with Gasteiger partial charge in [0.25, 0.3) is 0 Å². The number of para-hydroxylation sites is 1. The maximum atomic E-state index is 12.9. The second-order valence-corrected chi connectivity index (χ2v) is 8.32. The summed E-state index contributed by atoms with van der Waals surface area (Å²) < 4.78 is 28.0. The number of ketones is 2. The molecule has 2 heterocycles. The number of methoxy groups -OCH3 is 2. The third-order valence-corrected chi connectivity index (χ3v) is 6.03. The zero-order chi connectivity index (χ0) is 25.2. The molecule has 182 valence electrons. The minimum Gasteiger partial charge on any atom is -0.493 e. The Morgan fingerprint density at radius 3 is 2.58 bits per heavy atom. The summed E-state index contributed by atoms with van der Waals surface area (Å²) in [4.78, 5) is 25.5. The number of carbonyl (C=O) groups excluding carboxylic acids is 2. The van der Waals surface area contributed by atoms with Crippen molar-refractivity contribution in [3.05, 3.63) is 94.8 Å². The van der Waals surface area contributed by atoms with E-state index in [-0.39, 0.29) is 30.0 Å². The summed E-state index contributed by atoms with van der Waals surface area (Å²) in [6.45, 7) is 1.73. The molecule has 0 fully saturated rings. The molecular formula is C29H24O7. The van der Waals surface area contributed by atoms with Gasteiger partial charge in [0.2, 0.25) is 5.78 Å². The fraction of sp³-hybridized carbons (Fsp3) is 0.172. The van der Waals surface area contributed by atoms with Gasteiger partial charge < -0.3 is 23.7 Å². The number of ether oxygens (including phenoxy) is 5. The number of carbonyl (C=O) groups is 2. The molecule has 0 bridgehead atoms. The molecule has 2 aliphatic heterocycles. The first kappa shape index (κ1) is 23.2. The van der Waals surface area contributed by atoms with Gasteiger partial charge in [0.05, 0.1) is 19.8 Å². The molecule has 0 radical (unpaired) electrons. The summed E-state index contributed by atoms with van der Waals surface area (Å²) in [6.07, 6.45) is 3.48. The average Bonchev–Trinajstić information content (AvgIpc) is 3.21. The van der Waals surface area contributed by atoms with Gasteiger partial charge >= 0.3 is 0 Å². The van der Waals surface area contributed by atoms with Crippen LogP contribution in [-0.4, -0.2) is 38.5 Å². The Morgan fingerprint density at radius 2 is 1.78 bits per heavy atom. The van der Waals surface area contributed by atoms with E-state index < -0.39 is 0 Å². The number of hydrogen-bond donors (Lipinski definition) is 0. The normalized spacial score (nSPS) is 16.9. The summed E-state index contributed by atoms with van der Waals surface area (Å²) in [7, 11) is 3.04. The Kier molecular flexibility index (Phi) is 6.21. The molecule has 0 unspecified atom stereocenters. The number of benzene rings is 3. The molecule has 0 saturated carbocycles. The van der Waals surface area contributed by atoms with Gasteiger partial charge in [-0.1, -0.05) is 18.2 Å². The van der Waals surface area contributed by atoms with Crippen molar-refractivity contribution in [3.63, 3.8) is 0 Å². The van der Waals surface area contributed by atoms with Crippen molar-refractivity contribution in [2.45, 2.75) is 13.0 Å². The first-order chi connectivity index (χ1) is 17.5. The average molecular weight is 485 g/mol. The zero-order valence-corrected chi connectivity index (χ0v) is 20.1. The SMILES string of the molecule is COc1ccc(C(=O)COc2ccc3c(c2)O/C(=C\C2=Cc4ccccc4O[C@@H]2C)C3=O)cc1OC. The second kappa shape index (κ2) is 9.62. The lowest BCUT2D eigenvalue weighted by molar-refractivity contribution is 0.0920. The van der Waals surface area contributed by atoms with Crippen molar-refractivity contribution in [3.8, 4) is 28.7 Å². The molecule has 0 N–H and O–H groups in total. The molecule has 0 aromatic heterocycles. The number of rotatable bonds is 7. The van der Waals surface area contributed by atoms with Gasteiger partial charge in [-0.2, -0.15) is 0 Å². The molecule has 2 aliphatic rings. The van der Waals surface area contributed by atoms with Crippen molar-refractivity contribution >= 4 is 17.6 Å². The number of Topliss-reactive ketones (excluding diaryl/α,β-unsaturated/α-hetero) is 2. The predicted molar refractivity (Wildman–Crippen MR) is 133 cm³/mol. The first-order valence-electron chi connectivity index (χ1n) is 11.4. The van der Waals surface area contributed by atoms with E-state index in [4.69, 9.17) is 23.7 Å². The Morgan fingerprint density at radius 1 is 0.972 bits per heavy atom. The number of allylic oxidation sites excluding steroid dienone is 1. The quantitative estimate of drug-likeness (QED) is 0.333. The molecule has 3 aromatic carbocycles. The molecular weight excluding hydrogens is 460 g/mol. The molecule has 0 amide bonds. The summed E-state index contributed by atoms with van der Waals surface area (Å²) in [5, 5.41) is 0. The van der Waals surface area contributed by atoms with Crippen LogP contribution in [-0.2, 0) is 0 Å². The molecule has 1 atom stereocenters. The van der Waals surface area contributed by atoms with Crippen LogP contribution in [0.4, 0.5) is 0 Å². The minimum absolute atomic E-state index is 0.188. The lowest BCUT2D eigenvalue weighted by Crippen LogP contribution is -2.18. The zero-order valence-electron chi connectivity index (χ0n) is 20.1. The van der Waals surface area contributed by atoms with Crippen LogP contribution in [0.1, 0.15) is 33.2 Å². The highest BCUT2D eigenvalue weighted by atomic mass is 16.5. The predicted octanol–water partition coefficient (Wildman–Crippen LogP) is 5.29. The number of fused-ring (bicyclic) bond motifs is 2. The highest BCUT2D eigenvalue weighted by Gasteiger charge is 2.29. The van der Waals surface area contributed by atoms with Crippen molar-refractivity contribution in [2.24, 2.45) is 0 Å². The molecule has 0 aliphatic carbocycles.